The summed E-state index contributed by atoms with van der Waals surface area (Å²) in [6.45, 7) is 0. The highest BCUT2D eigenvalue weighted by Crippen LogP contribution is 2.35. The highest BCUT2D eigenvalue weighted by molar-refractivity contribution is 6.35. The summed E-state index contributed by atoms with van der Waals surface area (Å²) in [4.78, 5) is 8.94. The van der Waals surface area contributed by atoms with E-state index in [9.17, 15) is 0 Å². The molecule has 0 unspecified atom stereocenters. The maximum Gasteiger partial charge on any atom is 0.162 e. The van der Waals surface area contributed by atoms with Crippen LogP contribution in [-0.2, 0) is 0 Å². The van der Waals surface area contributed by atoms with Crippen LogP contribution in [0.4, 0.5) is 0 Å². The predicted molar refractivity (Wildman–Crippen MR) is 83.7 cm³/mol. The van der Waals surface area contributed by atoms with E-state index in [1.165, 1.54) is 12.8 Å². The van der Waals surface area contributed by atoms with E-state index in [0.717, 1.165) is 24.1 Å². The lowest BCUT2D eigenvalue weighted by Crippen LogP contribution is -2.00. The van der Waals surface area contributed by atoms with Crippen molar-refractivity contribution in [3.8, 4) is 11.4 Å². The molecule has 1 saturated carbocycles. The molecule has 2 aromatic rings. The molecule has 0 atom stereocenters. The normalized spacial score (nSPS) is 15.8. The molecule has 1 aliphatic carbocycles. The maximum atomic E-state index is 6.21. The zero-order valence-electron chi connectivity index (χ0n) is 10.7. The van der Waals surface area contributed by atoms with Crippen molar-refractivity contribution < 1.29 is 0 Å². The first-order chi connectivity index (χ1) is 9.63. The van der Waals surface area contributed by atoms with Crippen LogP contribution in [-0.4, -0.2) is 9.97 Å². The van der Waals surface area contributed by atoms with Gasteiger partial charge in [-0.3, -0.25) is 0 Å². The molecule has 0 spiro atoms. The van der Waals surface area contributed by atoms with Crippen molar-refractivity contribution in [1.82, 2.24) is 9.97 Å². The molecule has 0 amide bonds. The van der Waals surface area contributed by atoms with Gasteiger partial charge in [-0.2, -0.15) is 0 Å². The highest BCUT2D eigenvalue weighted by atomic mass is 35.5. The first-order valence-electron chi connectivity index (χ1n) is 6.63. The Morgan fingerprint density at radius 1 is 0.950 bits per heavy atom. The second-order valence-corrected chi connectivity index (χ2v) is 6.28. The van der Waals surface area contributed by atoms with Crippen molar-refractivity contribution in [2.45, 2.75) is 31.6 Å². The average Bonchev–Trinajstić information content (AvgIpc) is 2.95. The maximum absolute atomic E-state index is 6.21. The number of halogens is 3. The molecule has 5 heteroatoms. The predicted octanol–water partition coefficient (Wildman–Crippen LogP) is 5.76. The van der Waals surface area contributed by atoms with E-state index in [-0.39, 0.29) is 0 Å². The summed E-state index contributed by atoms with van der Waals surface area (Å²) in [6.07, 6.45) is 4.82. The lowest BCUT2D eigenvalue weighted by molar-refractivity contribution is 0.695. The van der Waals surface area contributed by atoms with Crippen LogP contribution in [0.25, 0.3) is 11.4 Å². The zero-order valence-corrected chi connectivity index (χ0v) is 13.0. The molecular formula is C15H13Cl3N2. The van der Waals surface area contributed by atoms with Crippen molar-refractivity contribution in [3.05, 3.63) is 45.2 Å². The Morgan fingerprint density at radius 2 is 1.70 bits per heavy atom. The standard InChI is InChI=1S/C15H13Cl3N2/c16-10-5-6-12(17)11(7-10)15-19-13(8-14(18)20-15)9-3-1-2-4-9/h5-9H,1-4H2. The average molecular weight is 328 g/mol. The Hall–Kier alpha value is -0.830. The smallest absolute Gasteiger partial charge is 0.162 e. The van der Waals surface area contributed by atoms with Gasteiger partial charge in [-0.1, -0.05) is 47.6 Å². The minimum absolute atomic E-state index is 0.452. The SMILES string of the molecule is Clc1ccc(Cl)c(-c2nc(Cl)cc(C3CCCC3)n2)c1. The van der Waals surface area contributed by atoms with Crippen LogP contribution >= 0.6 is 34.8 Å². The topological polar surface area (TPSA) is 25.8 Å². The van der Waals surface area contributed by atoms with Crippen LogP contribution < -0.4 is 0 Å². The van der Waals surface area contributed by atoms with Crippen LogP contribution in [0.3, 0.4) is 0 Å². The molecule has 20 heavy (non-hydrogen) atoms. The van der Waals surface area contributed by atoms with Gasteiger partial charge in [0.2, 0.25) is 0 Å². The van der Waals surface area contributed by atoms with Gasteiger partial charge in [-0.25, -0.2) is 9.97 Å². The zero-order chi connectivity index (χ0) is 14.1. The molecular weight excluding hydrogens is 315 g/mol. The molecule has 104 valence electrons. The minimum Gasteiger partial charge on any atom is -0.233 e. The fourth-order valence-corrected chi connectivity index (χ4v) is 3.22. The van der Waals surface area contributed by atoms with E-state index in [2.05, 4.69) is 9.97 Å². The lowest BCUT2D eigenvalue weighted by atomic mass is 10.0. The molecule has 0 bridgehead atoms. The van der Waals surface area contributed by atoms with E-state index in [1.807, 2.05) is 6.07 Å². The van der Waals surface area contributed by atoms with Gasteiger partial charge in [0, 0.05) is 22.2 Å². The van der Waals surface area contributed by atoms with Gasteiger partial charge < -0.3 is 0 Å². The fourth-order valence-electron chi connectivity index (χ4n) is 2.66. The monoisotopic (exact) mass is 326 g/mol. The summed E-state index contributed by atoms with van der Waals surface area (Å²) in [5.41, 5.74) is 1.73. The van der Waals surface area contributed by atoms with Gasteiger partial charge in [0.15, 0.2) is 5.82 Å². The summed E-state index contributed by atoms with van der Waals surface area (Å²) in [5.74, 6) is 1.03. The van der Waals surface area contributed by atoms with E-state index in [0.29, 0.717) is 26.9 Å². The molecule has 0 N–H and O–H groups in total. The molecule has 1 fully saturated rings. The van der Waals surface area contributed by atoms with Crippen molar-refractivity contribution in [3.63, 3.8) is 0 Å². The number of nitrogens with zero attached hydrogens (tertiary/aromatic N) is 2. The molecule has 0 aliphatic heterocycles. The van der Waals surface area contributed by atoms with Crippen molar-refractivity contribution in [2.24, 2.45) is 0 Å². The largest absolute Gasteiger partial charge is 0.233 e. The molecule has 1 aromatic carbocycles. The Morgan fingerprint density at radius 3 is 2.45 bits per heavy atom. The van der Waals surface area contributed by atoms with Crippen molar-refractivity contribution >= 4 is 34.8 Å². The fraction of sp³-hybridized carbons (Fsp3) is 0.333. The summed E-state index contributed by atoms with van der Waals surface area (Å²) in [7, 11) is 0. The van der Waals surface area contributed by atoms with Gasteiger partial charge in [-0.05, 0) is 37.1 Å². The molecule has 2 nitrogen and oxygen atoms in total. The van der Waals surface area contributed by atoms with E-state index >= 15 is 0 Å². The van der Waals surface area contributed by atoms with Crippen molar-refractivity contribution in [2.75, 3.05) is 0 Å². The van der Waals surface area contributed by atoms with Crippen LogP contribution in [0.2, 0.25) is 15.2 Å². The van der Waals surface area contributed by atoms with E-state index < -0.39 is 0 Å². The Kier molecular flexibility index (Phi) is 4.16. The van der Waals surface area contributed by atoms with Crippen LogP contribution in [0.15, 0.2) is 24.3 Å². The first-order valence-corrected chi connectivity index (χ1v) is 7.77. The molecule has 1 heterocycles. The summed E-state index contributed by atoms with van der Waals surface area (Å²) < 4.78 is 0. The van der Waals surface area contributed by atoms with Crippen LogP contribution in [0, 0.1) is 0 Å². The second-order valence-electron chi connectivity index (χ2n) is 5.04. The van der Waals surface area contributed by atoms with Gasteiger partial charge in [0.25, 0.3) is 0 Å². The third-order valence-corrected chi connectivity index (χ3v) is 4.42. The summed E-state index contributed by atoms with van der Waals surface area (Å²) >= 11 is 18.4. The lowest BCUT2D eigenvalue weighted by Gasteiger charge is -2.11. The molecule has 1 aromatic heterocycles. The number of benzene rings is 1. The quantitative estimate of drug-likeness (QED) is 0.655. The number of hydrogen-bond acceptors (Lipinski definition) is 2. The molecule has 0 saturated heterocycles. The number of hydrogen-bond donors (Lipinski definition) is 0. The van der Waals surface area contributed by atoms with Gasteiger partial charge in [-0.15, -0.1) is 0 Å². The number of rotatable bonds is 2. The third kappa shape index (κ3) is 2.93. The minimum atomic E-state index is 0.452. The molecule has 1 aliphatic rings. The van der Waals surface area contributed by atoms with Gasteiger partial charge in [0.05, 0.1) is 5.02 Å². The van der Waals surface area contributed by atoms with E-state index in [1.54, 1.807) is 18.2 Å². The van der Waals surface area contributed by atoms with Gasteiger partial charge >= 0.3 is 0 Å². The summed E-state index contributed by atoms with van der Waals surface area (Å²) in [5, 5.41) is 1.64. The summed E-state index contributed by atoms with van der Waals surface area (Å²) in [6, 6.07) is 7.13. The van der Waals surface area contributed by atoms with E-state index in [4.69, 9.17) is 34.8 Å². The van der Waals surface area contributed by atoms with Gasteiger partial charge in [0.1, 0.15) is 5.15 Å². The van der Waals surface area contributed by atoms with Crippen LogP contribution in [0.1, 0.15) is 37.3 Å². The Balaban J connectivity index is 2.06. The number of aromatic nitrogens is 2. The first kappa shape index (κ1) is 14.1. The molecule has 3 rings (SSSR count). The second kappa shape index (κ2) is 5.88. The Bertz CT molecular complexity index is 637. The van der Waals surface area contributed by atoms with Crippen molar-refractivity contribution in [1.29, 1.82) is 0 Å². The molecule has 0 radical (unpaired) electrons. The third-order valence-electron chi connectivity index (χ3n) is 3.66. The van der Waals surface area contributed by atoms with Crippen LogP contribution in [0.5, 0.6) is 0 Å². The Labute approximate surface area is 133 Å². The highest BCUT2D eigenvalue weighted by Gasteiger charge is 2.20.